The van der Waals surface area contributed by atoms with Gasteiger partial charge in [-0.15, -0.1) is 0 Å². The maximum Gasteiger partial charge on any atom is 0.255 e. The molecule has 0 bridgehead atoms. The van der Waals surface area contributed by atoms with Crippen LogP contribution < -0.4 is 5.32 Å². The average Bonchev–Trinajstić information content (AvgIpc) is 2.59. The SMILES string of the molecule is CC1CCCN(Cc2ccc(C(=O)Nc3c(Cl)cccc3Cl)cc2)C1. The van der Waals surface area contributed by atoms with Crippen molar-refractivity contribution in [3.63, 3.8) is 0 Å². The van der Waals surface area contributed by atoms with E-state index in [1.165, 1.54) is 18.4 Å². The smallest absolute Gasteiger partial charge is 0.255 e. The average molecular weight is 377 g/mol. The first-order chi connectivity index (χ1) is 12.0. The maximum absolute atomic E-state index is 12.4. The Bertz CT molecular complexity index is 726. The first-order valence-electron chi connectivity index (χ1n) is 8.59. The van der Waals surface area contributed by atoms with Crippen molar-refractivity contribution in [3.8, 4) is 0 Å². The van der Waals surface area contributed by atoms with Crippen molar-refractivity contribution in [2.24, 2.45) is 5.92 Å². The third-order valence-corrected chi connectivity index (χ3v) is 5.19. The van der Waals surface area contributed by atoms with Crippen LogP contribution in [0.4, 0.5) is 5.69 Å². The van der Waals surface area contributed by atoms with E-state index >= 15 is 0 Å². The highest BCUT2D eigenvalue weighted by Gasteiger charge is 2.16. The van der Waals surface area contributed by atoms with Gasteiger partial charge in [-0.05, 0) is 55.1 Å². The largest absolute Gasteiger partial charge is 0.319 e. The molecule has 1 saturated heterocycles. The van der Waals surface area contributed by atoms with E-state index in [4.69, 9.17) is 23.2 Å². The number of piperidine rings is 1. The van der Waals surface area contributed by atoms with E-state index in [9.17, 15) is 4.79 Å². The number of benzene rings is 2. The number of para-hydroxylation sites is 1. The molecular formula is C20H22Cl2N2O. The van der Waals surface area contributed by atoms with Gasteiger partial charge in [-0.3, -0.25) is 9.69 Å². The number of anilines is 1. The minimum absolute atomic E-state index is 0.215. The standard InChI is InChI=1S/C20H22Cl2N2O/c1-14-4-3-11-24(12-14)13-15-7-9-16(10-8-15)20(25)23-19-17(21)5-2-6-18(19)22/h2,5-10,14H,3-4,11-13H2,1H3,(H,23,25). The highest BCUT2D eigenvalue weighted by atomic mass is 35.5. The maximum atomic E-state index is 12.4. The number of carbonyl (C=O) groups excluding carboxylic acids is 1. The Balaban J connectivity index is 1.64. The van der Waals surface area contributed by atoms with E-state index in [1.54, 1.807) is 18.2 Å². The lowest BCUT2D eigenvalue weighted by molar-refractivity contribution is 0.102. The molecule has 1 aliphatic rings. The van der Waals surface area contributed by atoms with Crippen LogP contribution in [0.15, 0.2) is 42.5 Å². The van der Waals surface area contributed by atoms with Crippen molar-refractivity contribution in [2.45, 2.75) is 26.3 Å². The Morgan fingerprint density at radius 3 is 2.48 bits per heavy atom. The van der Waals surface area contributed by atoms with Crippen LogP contribution >= 0.6 is 23.2 Å². The van der Waals surface area contributed by atoms with Gasteiger partial charge in [0.05, 0.1) is 15.7 Å². The third kappa shape index (κ3) is 4.75. The Labute approximate surface area is 158 Å². The Hall–Kier alpha value is -1.55. The zero-order valence-corrected chi connectivity index (χ0v) is 15.8. The first-order valence-corrected chi connectivity index (χ1v) is 9.35. The van der Waals surface area contributed by atoms with Crippen LogP contribution in [-0.4, -0.2) is 23.9 Å². The van der Waals surface area contributed by atoms with E-state index in [0.29, 0.717) is 21.3 Å². The number of carbonyl (C=O) groups is 1. The molecule has 25 heavy (non-hydrogen) atoms. The first kappa shape index (κ1) is 18.2. The number of halogens is 2. The minimum atomic E-state index is -0.215. The monoisotopic (exact) mass is 376 g/mol. The zero-order chi connectivity index (χ0) is 17.8. The number of likely N-dealkylation sites (tertiary alicyclic amines) is 1. The van der Waals surface area contributed by atoms with E-state index < -0.39 is 0 Å². The molecule has 1 aliphatic heterocycles. The lowest BCUT2D eigenvalue weighted by Crippen LogP contribution is -2.33. The fourth-order valence-electron chi connectivity index (χ4n) is 3.25. The van der Waals surface area contributed by atoms with Gasteiger partial charge < -0.3 is 5.32 Å². The molecule has 0 spiro atoms. The van der Waals surface area contributed by atoms with Gasteiger partial charge in [0, 0.05) is 18.7 Å². The molecule has 2 aromatic carbocycles. The molecule has 1 N–H and O–H groups in total. The Kier molecular flexibility index (Phi) is 6.00. The van der Waals surface area contributed by atoms with Gasteiger partial charge in [-0.2, -0.15) is 0 Å². The topological polar surface area (TPSA) is 32.3 Å². The fourth-order valence-corrected chi connectivity index (χ4v) is 3.74. The molecule has 0 aliphatic carbocycles. The molecule has 132 valence electrons. The summed E-state index contributed by atoms with van der Waals surface area (Å²) in [6.07, 6.45) is 2.58. The Morgan fingerprint density at radius 2 is 1.84 bits per heavy atom. The summed E-state index contributed by atoms with van der Waals surface area (Å²) in [6, 6.07) is 12.9. The van der Waals surface area contributed by atoms with E-state index in [0.717, 1.165) is 25.6 Å². The minimum Gasteiger partial charge on any atom is -0.319 e. The lowest BCUT2D eigenvalue weighted by Gasteiger charge is -2.30. The fraction of sp³-hybridized carbons (Fsp3) is 0.350. The van der Waals surface area contributed by atoms with Crippen molar-refractivity contribution in [1.29, 1.82) is 0 Å². The van der Waals surface area contributed by atoms with Gasteiger partial charge in [0.25, 0.3) is 5.91 Å². The predicted octanol–water partition coefficient (Wildman–Crippen LogP) is 5.48. The van der Waals surface area contributed by atoms with E-state index in [1.807, 2.05) is 24.3 Å². The number of hydrogen-bond acceptors (Lipinski definition) is 2. The van der Waals surface area contributed by atoms with Crippen LogP contribution in [0.5, 0.6) is 0 Å². The summed E-state index contributed by atoms with van der Waals surface area (Å²) >= 11 is 12.2. The van der Waals surface area contributed by atoms with Gasteiger partial charge in [0.2, 0.25) is 0 Å². The van der Waals surface area contributed by atoms with Gasteiger partial charge in [0.15, 0.2) is 0 Å². The molecule has 0 saturated carbocycles. The van der Waals surface area contributed by atoms with Crippen LogP contribution in [0.2, 0.25) is 10.0 Å². The highest BCUT2D eigenvalue weighted by molar-refractivity contribution is 6.40. The van der Waals surface area contributed by atoms with Crippen molar-refractivity contribution in [1.82, 2.24) is 4.90 Å². The van der Waals surface area contributed by atoms with Gasteiger partial charge in [0.1, 0.15) is 0 Å². The molecule has 1 fully saturated rings. The summed E-state index contributed by atoms with van der Waals surface area (Å²) in [7, 11) is 0. The number of rotatable bonds is 4. The summed E-state index contributed by atoms with van der Waals surface area (Å²) in [5.74, 6) is 0.548. The number of amides is 1. The van der Waals surface area contributed by atoms with Crippen molar-refractivity contribution in [3.05, 3.63) is 63.6 Å². The second-order valence-corrected chi connectivity index (χ2v) is 7.54. The quantitative estimate of drug-likeness (QED) is 0.766. The second-order valence-electron chi connectivity index (χ2n) is 6.73. The van der Waals surface area contributed by atoms with Crippen LogP contribution in [0, 0.1) is 5.92 Å². The summed E-state index contributed by atoms with van der Waals surface area (Å²) in [5, 5.41) is 3.64. The zero-order valence-electron chi connectivity index (χ0n) is 14.3. The van der Waals surface area contributed by atoms with Gasteiger partial charge >= 0.3 is 0 Å². The predicted molar refractivity (Wildman–Crippen MR) is 105 cm³/mol. The van der Waals surface area contributed by atoms with Crippen molar-refractivity contribution >= 4 is 34.8 Å². The van der Waals surface area contributed by atoms with E-state index in [2.05, 4.69) is 17.1 Å². The third-order valence-electron chi connectivity index (χ3n) is 4.56. The van der Waals surface area contributed by atoms with Gasteiger partial charge in [-0.1, -0.05) is 48.3 Å². The van der Waals surface area contributed by atoms with Crippen LogP contribution in [-0.2, 0) is 6.54 Å². The molecular weight excluding hydrogens is 355 g/mol. The molecule has 1 amide bonds. The molecule has 1 heterocycles. The molecule has 3 rings (SSSR count). The molecule has 0 radical (unpaired) electrons. The molecule has 1 atom stereocenters. The molecule has 0 aromatic heterocycles. The summed E-state index contributed by atoms with van der Waals surface area (Å²) in [5.41, 5.74) is 2.26. The molecule has 1 unspecified atom stereocenters. The normalized spacial score (nSPS) is 18.1. The second kappa shape index (κ2) is 8.22. The van der Waals surface area contributed by atoms with Crippen LogP contribution in [0.25, 0.3) is 0 Å². The molecule has 3 nitrogen and oxygen atoms in total. The van der Waals surface area contributed by atoms with Crippen LogP contribution in [0.1, 0.15) is 35.7 Å². The van der Waals surface area contributed by atoms with Crippen molar-refractivity contribution in [2.75, 3.05) is 18.4 Å². The van der Waals surface area contributed by atoms with Crippen molar-refractivity contribution < 1.29 is 4.79 Å². The lowest BCUT2D eigenvalue weighted by atomic mass is 9.99. The number of nitrogens with zero attached hydrogens (tertiary/aromatic N) is 1. The van der Waals surface area contributed by atoms with E-state index in [-0.39, 0.29) is 5.91 Å². The Morgan fingerprint density at radius 1 is 1.16 bits per heavy atom. The number of hydrogen-bond donors (Lipinski definition) is 1. The summed E-state index contributed by atoms with van der Waals surface area (Å²) < 4.78 is 0. The molecule has 5 heteroatoms. The highest BCUT2D eigenvalue weighted by Crippen LogP contribution is 2.30. The summed E-state index contributed by atoms with van der Waals surface area (Å²) in [6.45, 7) is 5.53. The van der Waals surface area contributed by atoms with Gasteiger partial charge in [-0.25, -0.2) is 0 Å². The summed E-state index contributed by atoms with van der Waals surface area (Å²) in [4.78, 5) is 14.9. The molecule has 2 aromatic rings. The van der Waals surface area contributed by atoms with Crippen LogP contribution in [0.3, 0.4) is 0 Å². The number of nitrogens with one attached hydrogen (secondary N) is 1.